The highest BCUT2D eigenvalue weighted by atomic mass is 35.5. The van der Waals surface area contributed by atoms with Crippen LogP contribution in [0.15, 0.2) is 36.4 Å². The van der Waals surface area contributed by atoms with E-state index in [0.717, 1.165) is 18.8 Å². The van der Waals surface area contributed by atoms with E-state index >= 15 is 0 Å². The zero-order valence-corrected chi connectivity index (χ0v) is 17.1. The Morgan fingerprint density at radius 3 is 2.36 bits per heavy atom. The Morgan fingerprint density at radius 2 is 1.75 bits per heavy atom. The number of carbonyl (C=O) groups excluding carboxylic acids is 2. The first-order valence-corrected chi connectivity index (χ1v) is 9.88. The first-order chi connectivity index (χ1) is 13.3. The molecule has 2 N–H and O–H groups in total. The SMILES string of the molecule is CC(O)(CC(=O)c1ccc(N2CCCC2)cc1)c1c(Cl)ccc(Cl)c1NC=O. The van der Waals surface area contributed by atoms with Crippen LogP contribution in [0.1, 0.15) is 42.1 Å². The molecule has 3 rings (SSSR count). The third kappa shape index (κ3) is 4.32. The molecular weight excluding hydrogens is 399 g/mol. The van der Waals surface area contributed by atoms with Gasteiger partial charge in [0.15, 0.2) is 5.78 Å². The van der Waals surface area contributed by atoms with Crippen molar-refractivity contribution in [2.75, 3.05) is 23.3 Å². The van der Waals surface area contributed by atoms with E-state index in [1.165, 1.54) is 31.9 Å². The molecule has 0 radical (unpaired) electrons. The van der Waals surface area contributed by atoms with E-state index in [0.29, 0.717) is 12.0 Å². The number of carbonyl (C=O) groups is 2. The fourth-order valence-electron chi connectivity index (χ4n) is 3.61. The summed E-state index contributed by atoms with van der Waals surface area (Å²) in [5, 5.41) is 13.9. The number of nitrogens with zero attached hydrogens (tertiary/aromatic N) is 1. The van der Waals surface area contributed by atoms with Crippen molar-refractivity contribution in [1.82, 2.24) is 0 Å². The van der Waals surface area contributed by atoms with Crippen molar-refractivity contribution in [2.24, 2.45) is 0 Å². The second kappa shape index (κ2) is 8.52. The van der Waals surface area contributed by atoms with E-state index in [1.807, 2.05) is 12.1 Å². The van der Waals surface area contributed by atoms with Crippen LogP contribution in [0, 0.1) is 0 Å². The van der Waals surface area contributed by atoms with Gasteiger partial charge in [0.2, 0.25) is 6.41 Å². The minimum Gasteiger partial charge on any atom is -0.385 e. The molecule has 0 bridgehead atoms. The maximum Gasteiger partial charge on any atom is 0.211 e. The van der Waals surface area contributed by atoms with Gasteiger partial charge in [-0.2, -0.15) is 0 Å². The molecule has 0 saturated carbocycles. The second-order valence-corrected chi connectivity index (χ2v) is 7.97. The molecule has 1 unspecified atom stereocenters. The highest BCUT2D eigenvalue weighted by Crippen LogP contribution is 2.41. The molecule has 2 aromatic carbocycles. The predicted molar refractivity (Wildman–Crippen MR) is 113 cm³/mol. The van der Waals surface area contributed by atoms with Gasteiger partial charge >= 0.3 is 0 Å². The van der Waals surface area contributed by atoms with Gasteiger partial charge in [-0.3, -0.25) is 9.59 Å². The van der Waals surface area contributed by atoms with E-state index in [-0.39, 0.29) is 33.5 Å². The quantitative estimate of drug-likeness (QED) is 0.505. The number of Topliss-reactive ketones (excluding diaryl/α,β-unsaturated/α-hetero) is 1. The average molecular weight is 421 g/mol. The van der Waals surface area contributed by atoms with Crippen LogP contribution in [0.2, 0.25) is 10.0 Å². The summed E-state index contributed by atoms with van der Waals surface area (Å²) in [6.45, 7) is 3.54. The molecule has 148 valence electrons. The molecule has 1 heterocycles. The third-order valence-electron chi connectivity index (χ3n) is 5.01. The second-order valence-electron chi connectivity index (χ2n) is 7.16. The lowest BCUT2D eigenvalue weighted by Gasteiger charge is -2.27. The van der Waals surface area contributed by atoms with E-state index in [2.05, 4.69) is 10.2 Å². The summed E-state index contributed by atoms with van der Waals surface area (Å²) in [5.74, 6) is -0.230. The summed E-state index contributed by atoms with van der Waals surface area (Å²) in [4.78, 5) is 26.0. The number of anilines is 2. The number of aliphatic hydroxyl groups is 1. The summed E-state index contributed by atoms with van der Waals surface area (Å²) in [7, 11) is 0. The first-order valence-electron chi connectivity index (χ1n) is 9.13. The molecule has 7 heteroatoms. The number of halogens is 2. The number of ketones is 1. The van der Waals surface area contributed by atoms with Crippen LogP contribution >= 0.6 is 23.2 Å². The van der Waals surface area contributed by atoms with Gasteiger partial charge in [-0.15, -0.1) is 0 Å². The summed E-state index contributed by atoms with van der Waals surface area (Å²) >= 11 is 12.4. The summed E-state index contributed by atoms with van der Waals surface area (Å²) in [5.41, 5.74) is 0.405. The molecule has 0 aromatic heterocycles. The maximum atomic E-state index is 12.8. The van der Waals surface area contributed by atoms with Crippen molar-refractivity contribution in [3.63, 3.8) is 0 Å². The maximum absolute atomic E-state index is 12.8. The number of nitrogens with one attached hydrogen (secondary N) is 1. The van der Waals surface area contributed by atoms with Gasteiger partial charge in [0.1, 0.15) is 0 Å². The van der Waals surface area contributed by atoms with Crippen molar-refractivity contribution in [1.29, 1.82) is 0 Å². The van der Waals surface area contributed by atoms with Gasteiger partial charge in [0, 0.05) is 41.3 Å². The first kappa shape index (κ1) is 20.6. The molecule has 28 heavy (non-hydrogen) atoms. The Hall–Kier alpha value is -2.08. The molecule has 5 nitrogen and oxygen atoms in total. The van der Waals surface area contributed by atoms with Crippen molar-refractivity contribution in [3.05, 3.63) is 57.6 Å². The number of hydrogen-bond donors (Lipinski definition) is 2. The lowest BCUT2D eigenvalue weighted by Crippen LogP contribution is -2.27. The largest absolute Gasteiger partial charge is 0.385 e. The van der Waals surface area contributed by atoms with E-state index in [1.54, 1.807) is 12.1 Å². The number of rotatable bonds is 7. The van der Waals surface area contributed by atoms with Crippen molar-refractivity contribution in [3.8, 4) is 0 Å². The molecule has 1 amide bonds. The summed E-state index contributed by atoms with van der Waals surface area (Å²) < 4.78 is 0. The third-order valence-corrected chi connectivity index (χ3v) is 5.64. The van der Waals surface area contributed by atoms with Gasteiger partial charge in [0.25, 0.3) is 0 Å². The Balaban J connectivity index is 1.83. The Morgan fingerprint density at radius 1 is 1.14 bits per heavy atom. The van der Waals surface area contributed by atoms with E-state index in [4.69, 9.17) is 23.2 Å². The number of hydrogen-bond acceptors (Lipinski definition) is 4. The van der Waals surface area contributed by atoms with Gasteiger partial charge in [-0.25, -0.2) is 0 Å². The van der Waals surface area contributed by atoms with Gasteiger partial charge in [0.05, 0.1) is 16.3 Å². The van der Waals surface area contributed by atoms with Crippen LogP contribution < -0.4 is 10.2 Å². The van der Waals surface area contributed by atoms with Crippen LogP contribution in [-0.4, -0.2) is 30.4 Å². The van der Waals surface area contributed by atoms with Gasteiger partial charge in [-0.05, 0) is 56.2 Å². The van der Waals surface area contributed by atoms with Gasteiger partial charge < -0.3 is 15.3 Å². The molecule has 0 spiro atoms. The summed E-state index contributed by atoms with van der Waals surface area (Å²) in [6.07, 6.45) is 2.61. The Kier molecular flexibility index (Phi) is 6.28. The van der Waals surface area contributed by atoms with Crippen LogP contribution in [0.5, 0.6) is 0 Å². The van der Waals surface area contributed by atoms with Crippen LogP contribution in [-0.2, 0) is 10.4 Å². The van der Waals surface area contributed by atoms with Crippen molar-refractivity contribution < 1.29 is 14.7 Å². The van der Waals surface area contributed by atoms with E-state index < -0.39 is 5.60 Å². The topological polar surface area (TPSA) is 69.6 Å². The molecule has 1 aliphatic rings. The Bertz CT molecular complexity index is 876. The van der Waals surface area contributed by atoms with Crippen LogP contribution in [0.25, 0.3) is 0 Å². The minimum absolute atomic E-state index is 0.200. The van der Waals surface area contributed by atoms with E-state index in [9.17, 15) is 14.7 Å². The molecule has 1 aliphatic heterocycles. The summed E-state index contributed by atoms with van der Waals surface area (Å²) in [6, 6.07) is 10.5. The highest BCUT2D eigenvalue weighted by Gasteiger charge is 2.33. The normalized spacial score (nSPS) is 15.9. The number of benzene rings is 2. The van der Waals surface area contributed by atoms with Crippen LogP contribution in [0.4, 0.5) is 11.4 Å². The zero-order chi connectivity index (χ0) is 20.3. The van der Waals surface area contributed by atoms with Gasteiger partial charge in [-0.1, -0.05) is 23.2 Å². The highest BCUT2D eigenvalue weighted by molar-refractivity contribution is 6.36. The average Bonchev–Trinajstić information content (AvgIpc) is 3.19. The molecule has 1 saturated heterocycles. The lowest BCUT2D eigenvalue weighted by atomic mass is 9.87. The molecule has 1 fully saturated rings. The fourth-order valence-corrected chi connectivity index (χ4v) is 4.19. The van der Waals surface area contributed by atoms with Crippen molar-refractivity contribution in [2.45, 2.75) is 31.8 Å². The Labute approximate surface area is 174 Å². The lowest BCUT2D eigenvalue weighted by molar-refractivity contribution is -0.105. The van der Waals surface area contributed by atoms with Crippen LogP contribution in [0.3, 0.4) is 0 Å². The molecule has 1 atom stereocenters. The fraction of sp³-hybridized carbons (Fsp3) is 0.333. The molecule has 0 aliphatic carbocycles. The smallest absolute Gasteiger partial charge is 0.211 e. The standard InChI is InChI=1S/C21H22Cl2N2O3/c1-21(28,19-16(22)8-9-17(23)20(19)24-13-26)12-18(27)14-4-6-15(7-5-14)25-10-2-3-11-25/h4-9,13,28H,2-3,10-12H2,1H3,(H,24,26). The predicted octanol–water partition coefficient (Wildman–Crippen LogP) is 4.64. The zero-order valence-electron chi connectivity index (χ0n) is 15.5. The number of amides is 1. The van der Waals surface area contributed by atoms with Crippen molar-refractivity contribution >= 4 is 46.8 Å². The molecule has 2 aromatic rings. The monoisotopic (exact) mass is 420 g/mol. The molecular formula is C21H22Cl2N2O3. The minimum atomic E-state index is -1.61.